The summed E-state index contributed by atoms with van der Waals surface area (Å²) in [4.78, 5) is 3.78. The summed E-state index contributed by atoms with van der Waals surface area (Å²) in [6.45, 7) is 0. The number of oxazole rings is 1. The number of terminal acetylenes is 1. The summed E-state index contributed by atoms with van der Waals surface area (Å²) in [7, 11) is 0. The van der Waals surface area contributed by atoms with E-state index in [-0.39, 0.29) is 0 Å². The predicted octanol–water partition coefficient (Wildman–Crippen LogP) is 1.63. The fourth-order valence-electron chi connectivity index (χ4n) is 0.730. The van der Waals surface area contributed by atoms with Crippen molar-refractivity contribution in [2.24, 2.45) is 0 Å². The third-order valence-corrected chi connectivity index (χ3v) is 1.23. The average molecular weight is 135 g/mol. The molecule has 0 bridgehead atoms. The highest BCUT2D eigenvalue weighted by Crippen LogP contribution is 2.01. The van der Waals surface area contributed by atoms with E-state index in [1.165, 1.54) is 6.39 Å². The topological polar surface area (TPSA) is 26.0 Å². The minimum Gasteiger partial charge on any atom is -0.449 e. The molecule has 0 unspecified atom stereocenters. The highest BCUT2D eigenvalue weighted by molar-refractivity contribution is 4.91. The van der Waals surface area contributed by atoms with E-state index in [1.807, 2.05) is 0 Å². The Balaban J connectivity index is 2.23. The Bertz CT molecular complexity index is 208. The van der Waals surface area contributed by atoms with E-state index in [1.54, 1.807) is 6.20 Å². The van der Waals surface area contributed by atoms with E-state index in [0.717, 1.165) is 25.0 Å². The van der Waals surface area contributed by atoms with Crippen LogP contribution in [0.5, 0.6) is 0 Å². The van der Waals surface area contributed by atoms with E-state index in [2.05, 4.69) is 10.9 Å². The van der Waals surface area contributed by atoms with Gasteiger partial charge in [0.1, 0.15) is 5.76 Å². The lowest BCUT2D eigenvalue weighted by molar-refractivity contribution is 0.498. The molecule has 1 aromatic rings. The van der Waals surface area contributed by atoms with Crippen LogP contribution >= 0.6 is 0 Å². The molecule has 0 aliphatic rings. The largest absolute Gasteiger partial charge is 0.449 e. The van der Waals surface area contributed by atoms with Gasteiger partial charge in [-0.05, 0) is 6.42 Å². The Labute approximate surface area is 60.3 Å². The van der Waals surface area contributed by atoms with Crippen LogP contribution in [0, 0.1) is 12.3 Å². The van der Waals surface area contributed by atoms with Gasteiger partial charge in [-0.2, -0.15) is 0 Å². The Morgan fingerprint density at radius 3 is 3.20 bits per heavy atom. The van der Waals surface area contributed by atoms with E-state index in [4.69, 9.17) is 10.8 Å². The summed E-state index contributed by atoms with van der Waals surface area (Å²) in [6.07, 6.45) is 10.9. The molecule has 0 atom stereocenters. The van der Waals surface area contributed by atoms with Gasteiger partial charge in [0.2, 0.25) is 0 Å². The van der Waals surface area contributed by atoms with E-state index in [9.17, 15) is 0 Å². The number of unbranched alkanes of at least 4 members (excludes halogenated alkanes) is 1. The number of aromatic nitrogens is 1. The van der Waals surface area contributed by atoms with E-state index >= 15 is 0 Å². The zero-order valence-electron chi connectivity index (χ0n) is 5.71. The molecule has 0 radical (unpaired) electrons. The molecule has 0 amide bonds. The Morgan fingerprint density at radius 1 is 1.70 bits per heavy atom. The van der Waals surface area contributed by atoms with Crippen LogP contribution in [0.15, 0.2) is 17.0 Å². The second kappa shape index (κ2) is 3.73. The van der Waals surface area contributed by atoms with Crippen molar-refractivity contribution in [3.8, 4) is 12.3 Å². The molecule has 1 aromatic heterocycles. The predicted molar refractivity (Wildman–Crippen MR) is 38.3 cm³/mol. The van der Waals surface area contributed by atoms with Crippen LogP contribution in [0.3, 0.4) is 0 Å². The zero-order chi connectivity index (χ0) is 7.23. The first-order valence-corrected chi connectivity index (χ1v) is 3.24. The van der Waals surface area contributed by atoms with Crippen molar-refractivity contribution in [2.45, 2.75) is 19.3 Å². The molecule has 0 spiro atoms. The van der Waals surface area contributed by atoms with Gasteiger partial charge < -0.3 is 4.42 Å². The fourth-order valence-corrected chi connectivity index (χ4v) is 0.730. The number of rotatable bonds is 3. The van der Waals surface area contributed by atoms with Crippen molar-refractivity contribution < 1.29 is 4.42 Å². The zero-order valence-corrected chi connectivity index (χ0v) is 5.71. The number of aryl methyl sites for hydroxylation is 1. The van der Waals surface area contributed by atoms with Crippen molar-refractivity contribution in [3.63, 3.8) is 0 Å². The van der Waals surface area contributed by atoms with Crippen molar-refractivity contribution in [1.82, 2.24) is 4.98 Å². The van der Waals surface area contributed by atoms with Crippen LogP contribution in [0.25, 0.3) is 0 Å². The maximum absolute atomic E-state index is 5.07. The van der Waals surface area contributed by atoms with Gasteiger partial charge in [-0.3, -0.25) is 0 Å². The van der Waals surface area contributed by atoms with Crippen LogP contribution < -0.4 is 0 Å². The minimum absolute atomic E-state index is 0.806. The molecule has 0 N–H and O–H groups in total. The fraction of sp³-hybridized carbons (Fsp3) is 0.375. The van der Waals surface area contributed by atoms with Gasteiger partial charge in [-0.1, -0.05) is 0 Å². The van der Waals surface area contributed by atoms with Gasteiger partial charge in [0.25, 0.3) is 0 Å². The minimum atomic E-state index is 0.806. The third-order valence-electron chi connectivity index (χ3n) is 1.23. The molecular weight excluding hydrogens is 126 g/mol. The Kier molecular flexibility index (Phi) is 2.57. The number of hydrogen-bond acceptors (Lipinski definition) is 2. The molecule has 0 fully saturated rings. The van der Waals surface area contributed by atoms with Gasteiger partial charge in [0, 0.05) is 12.8 Å². The quantitative estimate of drug-likeness (QED) is 0.465. The summed E-state index contributed by atoms with van der Waals surface area (Å²) < 4.78 is 5.00. The average Bonchev–Trinajstić information content (AvgIpc) is 2.41. The molecule has 1 rings (SSSR count). The first kappa shape index (κ1) is 6.88. The van der Waals surface area contributed by atoms with Crippen molar-refractivity contribution in [2.75, 3.05) is 0 Å². The standard InChI is InChI=1S/C8H9NO/c1-2-3-4-5-8-6-9-7-10-8/h1,6-7H,3-5H2. The lowest BCUT2D eigenvalue weighted by Crippen LogP contribution is -1.79. The highest BCUT2D eigenvalue weighted by atomic mass is 16.3. The third kappa shape index (κ3) is 1.94. The van der Waals surface area contributed by atoms with Crippen LogP contribution in [0.4, 0.5) is 0 Å². The van der Waals surface area contributed by atoms with Crippen LogP contribution in [-0.4, -0.2) is 4.98 Å². The van der Waals surface area contributed by atoms with Gasteiger partial charge >= 0.3 is 0 Å². The molecule has 0 saturated heterocycles. The SMILES string of the molecule is C#CCCCc1cnco1. The number of hydrogen-bond donors (Lipinski definition) is 0. The first-order valence-electron chi connectivity index (χ1n) is 3.24. The molecule has 2 heteroatoms. The lowest BCUT2D eigenvalue weighted by Gasteiger charge is -1.88. The molecule has 0 aliphatic carbocycles. The smallest absolute Gasteiger partial charge is 0.180 e. The van der Waals surface area contributed by atoms with Crippen molar-refractivity contribution in [3.05, 3.63) is 18.4 Å². The van der Waals surface area contributed by atoms with Crippen LogP contribution in [0.2, 0.25) is 0 Å². The van der Waals surface area contributed by atoms with Crippen molar-refractivity contribution >= 4 is 0 Å². The monoisotopic (exact) mass is 135 g/mol. The highest BCUT2D eigenvalue weighted by Gasteiger charge is 1.93. The molecule has 1 heterocycles. The molecule has 10 heavy (non-hydrogen) atoms. The van der Waals surface area contributed by atoms with Gasteiger partial charge in [0.05, 0.1) is 6.20 Å². The van der Waals surface area contributed by atoms with Crippen molar-refractivity contribution in [1.29, 1.82) is 0 Å². The Hall–Kier alpha value is -1.23. The van der Waals surface area contributed by atoms with E-state index in [0.29, 0.717) is 0 Å². The summed E-state index contributed by atoms with van der Waals surface area (Å²) >= 11 is 0. The second-order valence-electron chi connectivity index (χ2n) is 2.03. The summed E-state index contributed by atoms with van der Waals surface area (Å²) in [5.74, 6) is 3.48. The molecular formula is C8H9NO. The van der Waals surface area contributed by atoms with Crippen LogP contribution in [0.1, 0.15) is 18.6 Å². The summed E-state index contributed by atoms with van der Waals surface area (Å²) in [5, 5.41) is 0. The Morgan fingerprint density at radius 2 is 2.60 bits per heavy atom. The molecule has 0 saturated carbocycles. The molecule has 2 nitrogen and oxygen atoms in total. The first-order chi connectivity index (χ1) is 4.93. The molecule has 52 valence electrons. The summed E-state index contributed by atoms with van der Waals surface area (Å²) in [5.41, 5.74) is 0. The number of nitrogens with zero attached hydrogens (tertiary/aromatic N) is 1. The normalized spacial score (nSPS) is 9.10. The van der Waals surface area contributed by atoms with Gasteiger partial charge in [0.15, 0.2) is 6.39 Å². The summed E-state index contributed by atoms with van der Waals surface area (Å²) in [6, 6.07) is 0. The maximum Gasteiger partial charge on any atom is 0.180 e. The second-order valence-corrected chi connectivity index (χ2v) is 2.03. The molecule has 0 aromatic carbocycles. The molecule has 0 aliphatic heterocycles. The van der Waals surface area contributed by atoms with Gasteiger partial charge in [-0.15, -0.1) is 12.3 Å². The van der Waals surface area contributed by atoms with Crippen LogP contribution in [-0.2, 0) is 6.42 Å². The van der Waals surface area contributed by atoms with Gasteiger partial charge in [-0.25, -0.2) is 4.98 Å². The van der Waals surface area contributed by atoms with E-state index < -0.39 is 0 Å². The lowest BCUT2D eigenvalue weighted by atomic mass is 10.2. The maximum atomic E-state index is 5.07.